The second kappa shape index (κ2) is 18.3. The molecule has 27 heavy (non-hydrogen) atoms. The normalized spacial score (nSPS) is 11.2. The van der Waals surface area contributed by atoms with Crippen LogP contribution in [-0.4, -0.2) is 31.1 Å². The van der Waals surface area contributed by atoms with Gasteiger partial charge in [0.2, 0.25) is 0 Å². The summed E-state index contributed by atoms with van der Waals surface area (Å²) in [6, 6.07) is 11.2. The van der Waals surface area contributed by atoms with E-state index in [0.717, 1.165) is 6.54 Å². The van der Waals surface area contributed by atoms with Gasteiger partial charge in [-0.2, -0.15) is 0 Å². The Bertz CT molecular complexity index is 388. The number of benzene rings is 1. The zero-order chi connectivity index (χ0) is 19.4. The molecule has 0 aromatic heterocycles. The minimum absolute atomic E-state index is 1.06. The second-order valence-corrected chi connectivity index (χ2v) is 7.95. The molecule has 1 radical (unpaired) electrons. The Balaban J connectivity index is 2.17. The summed E-state index contributed by atoms with van der Waals surface area (Å²) >= 11 is 0. The minimum atomic E-state index is 1.06. The predicted octanol–water partition coefficient (Wildman–Crippen LogP) is 7.31. The monoisotopic (exact) mass is 373 g/mol. The lowest BCUT2D eigenvalue weighted by Gasteiger charge is -2.22. The first-order chi connectivity index (χ1) is 13.4. The molecule has 2 nitrogen and oxygen atoms in total. The van der Waals surface area contributed by atoms with Crippen LogP contribution in [0.1, 0.15) is 97.3 Å². The number of nitrogens with one attached hydrogen (secondary N) is 1. The van der Waals surface area contributed by atoms with Crippen molar-refractivity contribution in [1.82, 2.24) is 4.90 Å². The van der Waals surface area contributed by atoms with Crippen molar-refractivity contribution >= 4 is 5.69 Å². The van der Waals surface area contributed by atoms with Crippen LogP contribution in [-0.2, 0) is 0 Å². The molecule has 0 saturated heterocycles. The molecule has 1 aromatic carbocycles. The number of hydrogen-bond acceptors (Lipinski definition) is 2. The van der Waals surface area contributed by atoms with Gasteiger partial charge in [-0.3, -0.25) is 0 Å². The molecular weight excluding hydrogens is 328 g/mol. The molecule has 2 heteroatoms. The highest BCUT2D eigenvalue weighted by Gasteiger charge is 2.05. The fraction of sp³-hybridized carbons (Fsp3) is 0.760. The fourth-order valence-corrected chi connectivity index (χ4v) is 3.61. The van der Waals surface area contributed by atoms with Gasteiger partial charge in [0.25, 0.3) is 0 Å². The molecule has 0 aliphatic carbocycles. The zero-order valence-corrected chi connectivity index (χ0v) is 18.3. The van der Waals surface area contributed by atoms with E-state index >= 15 is 0 Å². The molecule has 0 amide bonds. The van der Waals surface area contributed by atoms with Crippen LogP contribution in [0.2, 0.25) is 0 Å². The van der Waals surface area contributed by atoms with Gasteiger partial charge in [-0.15, -0.1) is 0 Å². The summed E-state index contributed by atoms with van der Waals surface area (Å²) in [6.07, 6.45) is 18.0. The van der Waals surface area contributed by atoms with Gasteiger partial charge in [-0.05, 0) is 57.1 Å². The van der Waals surface area contributed by atoms with E-state index in [1.165, 1.54) is 109 Å². The van der Waals surface area contributed by atoms with Crippen LogP contribution in [0.3, 0.4) is 0 Å². The molecule has 0 atom stereocenters. The van der Waals surface area contributed by atoms with Crippen LogP contribution < -0.4 is 5.32 Å². The quantitative estimate of drug-likeness (QED) is 0.256. The Labute approximate surface area is 170 Å². The first-order valence-electron chi connectivity index (χ1n) is 11.8. The highest BCUT2D eigenvalue weighted by atomic mass is 15.1. The first kappa shape index (κ1) is 24.0. The van der Waals surface area contributed by atoms with Gasteiger partial charge in [-0.1, -0.05) is 90.2 Å². The van der Waals surface area contributed by atoms with Crippen LogP contribution >= 0.6 is 0 Å². The summed E-state index contributed by atoms with van der Waals surface area (Å²) in [6.45, 7) is 9.47. The molecule has 0 unspecified atom stereocenters. The SMILES string of the molecule is CCCCCCCCN(CCCCCCCC)CCCNc1cc[c]cc1. The van der Waals surface area contributed by atoms with E-state index in [0.29, 0.717) is 0 Å². The molecule has 155 valence electrons. The van der Waals surface area contributed by atoms with Crippen molar-refractivity contribution in [3.8, 4) is 0 Å². The molecule has 0 heterocycles. The van der Waals surface area contributed by atoms with Gasteiger partial charge in [0.1, 0.15) is 0 Å². The van der Waals surface area contributed by atoms with Crippen molar-refractivity contribution in [3.05, 3.63) is 30.3 Å². The van der Waals surface area contributed by atoms with Crippen LogP contribution in [0, 0.1) is 6.07 Å². The molecule has 1 N–H and O–H groups in total. The molecule has 0 saturated carbocycles. The third-order valence-electron chi connectivity index (χ3n) is 5.35. The maximum absolute atomic E-state index is 3.53. The van der Waals surface area contributed by atoms with Gasteiger partial charge in [0, 0.05) is 12.2 Å². The average molecular weight is 374 g/mol. The highest BCUT2D eigenvalue weighted by Crippen LogP contribution is 2.10. The van der Waals surface area contributed by atoms with Gasteiger partial charge in [0.15, 0.2) is 0 Å². The lowest BCUT2D eigenvalue weighted by atomic mass is 10.1. The van der Waals surface area contributed by atoms with Crippen molar-refractivity contribution in [2.24, 2.45) is 0 Å². The Morgan fingerprint density at radius 3 is 1.70 bits per heavy atom. The van der Waals surface area contributed by atoms with E-state index in [4.69, 9.17) is 0 Å². The Kier molecular flexibility index (Phi) is 16.3. The minimum Gasteiger partial charge on any atom is -0.385 e. The first-order valence-corrected chi connectivity index (χ1v) is 11.8. The third-order valence-corrected chi connectivity index (χ3v) is 5.35. The summed E-state index contributed by atoms with van der Waals surface area (Å²) in [5.74, 6) is 0. The number of unbranched alkanes of at least 4 members (excludes halogenated alkanes) is 10. The summed E-state index contributed by atoms with van der Waals surface area (Å²) in [4.78, 5) is 2.72. The topological polar surface area (TPSA) is 15.3 Å². The standard InChI is InChI=1S/C25H45N2/c1-3-5-7-9-11-16-22-27(23-17-12-10-8-6-4-2)24-18-21-26-25-19-14-13-15-20-25/h14-15,19-20,26H,3-12,16-18,21-24H2,1-2H3. The van der Waals surface area contributed by atoms with Gasteiger partial charge in [0.05, 0.1) is 0 Å². The molecule has 0 aliphatic rings. The zero-order valence-electron chi connectivity index (χ0n) is 18.3. The van der Waals surface area contributed by atoms with Gasteiger partial charge >= 0.3 is 0 Å². The Hall–Kier alpha value is -1.02. The summed E-state index contributed by atoms with van der Waals surface area (Å²) in [5.41, 5.74) is 1.21. The maximum atomic E-state index is 3.53. The number of hydrogen-bond donors (Lipinski definition) is 1. The highest BCUT2D eigenvalue weighted by molar-refractivity contribution is 5.41. The van der Waals surface area contributed by atoms with Crippen LogP contribution in [0.5, 0.6) is 0 Å². The number of rotatable bonds is 19. The van der Waals surface area contributed by atoms with E-state index < -0.39 is 0 Å². The van der Waals surface area contributed by atoms with Crippen molar-refractivity contribution < 1.29 is 0 Å². The summed E-state index contributed by atoms with van der Waals surface area (Å²) in [7, 11) is 0. The third kappa shape index (κ3) is 14.7. The molecule has 0 aliphatic heterocycles. The van der Waals surface area contributed by atoms with Crippen molar-refractivity contribution in [2.75, 3.05) is 31.5 Å². The van der Waals surface area contributed by atoms with E-state index in [1.807, 2.05) is 12.1 Å². The Morgan fingerprint density at radius 1 is 0.667 bits per heavy atom. The van der Waals surface area contributed by atoms with Crippen molar-refractivity contribution in [2.45, 2.75) is 97.3 Å². The lowest BCUT2D eigenvalue weighted by molar-refractivity contribution is 0.259. The van der Waals surface area contributed by atoms with Crippen LogP contribution in [0.15, 0.2) is 24.3 Å². The lowest BCUT2D eigenvalue weighted by Crippen LogP contribution is -2.28. The smallest absolute Gasteiger partial charge is 0.0340 e. The molecule has 1 aromatic rings. The largest absolute Gasteiger partial charge is 0.385 e. The van der Waals surface area contributed by atoms with Gasteiger partial charge in [-0.25, -0.2) is 0 Å². The van der Waals surface area contributed by atoms with E-state index in [1.54, 1.807) is 0 Å². The molecule has 0 spiro atoms. The van der Waals surface area contributed by atoms with E-state index in [9.17, 15) is 0 Å². The van der Waals surface area contributed by atoms with E-state index in [-0.39, 0.29) is 0 Å². The van der Waals surface area contributed by atoms with Crippen molar-refractivity contribution in [3.63, 3.8) is 0 Å². The number of nitrogens with zero attached hydrogens (tertiary/aromatic N) is 1. The number of anilines is 1. The van der Waals surface area contributed by atoms with Gasteiger partial charge < -0.3 is 10.2 Å². The molecule has 0 fully saturated rings. The summed E-state index contributed by atoms with van der Waals surface area (Å²) in [5, 5.41) is 3.53. The molecule has 0 bridgehead atoms. The second-order valence-electron chi connectivity index (χ2n) is 7.95. The van der Waals surface area contributed by atoms with Crippen LogP contribution in [0.4, 0.5) is 5.69 Å². The molecule has 1 rings (SSSR count). The fourth-order valence-electron chi connectivity index (χ4n) is 3.61. The van der Waals surface area contributed by atoms with Crippen LogP contribution in [0.25, 0.3) is 0 Å². The molecular formula is C25H45N2. The van der Waals surface area contributed by atoms with E-state index in [2.05, 4.69) is 42.3 Å². The predicted molar refractivity (Wildman–Crippen MR) is 122 cm³/mol. The maximum Gasteiger partial charge on any atom is 0.0340 e. The average Bonchev–Trinajstić information content (AvgIpc) is 2.70. The van der Waals surface area contributed by atoms with Crippen molar-refractivity contribution in [1.29, 1.82) is 0 Å². The summed E-state index contributed by atoms with van der Waals surface area (Å²) < 4.78 is 0. The Morgan fingerprint density at radius 2 is 1.15 bits per heavy atom.